The van der Waals surface area contributed by atoms with Crippen molar-refractivity contribution in [3.8, 4) is 0 Å². The maximum absolute atomic E-state index is 11.5. The van der Waals surface area contributed by atoms with Crippen LogP contribution in [0, 0.1) is 0 Å². The monoisotopic (exact) mass is 294 g/mol. The molecule has 0 saturated carbocycles. The van der Waals surface area contributed by atoms with Gasteiger partial charge in [0, 0.05) is 16.4 Å². The number of hydrogen-bond acceptors (Lipinski definition) is 3. The van der Waals surface area contributed by atoms with Gasteiger partial charge in [0.1, 0.15) is 6.04 Å². The lowest BCUT2D eigenvalue weighted by Crippen LogP contribution is -2.34. The molecule has 0 fully saturated rings. The van der Waals surface area contributed by atoms with Crippen LogP contribution in [0.25, 0.3) is 0 Å². The molecule has 0 unspecified atom stereocenters. The first-order valence-electron chi connectivity index (χ1n) is 5.98. The molecule has 0 bridgehead atoms. The van der Waals surface area contributed by atoms with E-state index in [1.54, 1.807) is 17.4 Å². The van der Waals surface area contributed by atoms with Crippen LogP contribution in [0.1, 0.15) is 16.5 Å². The van der Waals surface area contributed by atoms with Crippen molar-refractivity contribution < 1.29 is 4.79 Å². The Bertz CT molecular complexity index is 542. The second-order valence-electron chi connectivity index (χ2n) is 4.14. The molecule has 0 saturated heterocycles. The van der Waals surface area contributed by atoms with E-state index < -0.39 is 11.9 Å². The van der Waals surface area contributed by atoms with Gasteiger partial charge in [-0.1, -0.05) is 35.9 Å². The van der Waals surface area contributed by atoms with Crippen molar-refractivity contribution in [3.05, 3.63) is 57.2 Å². The summed E-state index contributed by atoms with van der Waals surface area (Å²) in [6.45, 7) is 0.680. The highest BCUT2D eigenvalue weighted by molar-refractivity contribution is 7.09. The number of thiophene rings is 1. The van der Waals surface area contributed by atoms with Gasteiger partial charge in [-0.3, -0.25) is 4.79 Å². The molecule has 100 valence electrons. The second-order valence-corrected chi connectivity index (χ2v) is 5.58. The molecular formula is C14H15ClN2OS. The van der Waals surface area contributed by atoms with Gasteiger partial charge in [0.2, 0.25) is 5.91 Å². The summed E-state index contributed by atoms with van der Waals surface area (Å²) in [5, 5.41) is 5.75. The number of hydrogen-bond donors (Lipinski definition) is 2. The number of nitrogens with two attached hydrogens (primary N) is 1. The Kier molecular flexibility index (Phi) is 4.96. The van der Waals surface area contributed by atoms with E-state index in [-0.39, 0.29) is 0 Å². The van der Waals surface area contributed by atoms with E-state index in [2.05, 4.69) is 11.4 Å². The molecule has 1 aromatic carbocycles. The quantitative estimate of drug-likeness (QED) is 0.861. The summed E-state index contributed by atoms with van der Waals surface area (Å²) < 4.78 is 0. The van der Waals surface area contributed by atoms with E-state index in [9.17, 15) is 4.79 Å². The predicted octanol–water partition coefficient (Wildman–Crippen LogP) is 2.76. The molecule has 1 aromatic heterocycles. The van der Waals surface area contributed by atoms with Crippen molar-refractivity contribution >= 4 is 28.8 Å². The third-order valence-corrected chi connectivity index (χ3v) is 4.08. The van der Waals surface area contributed by atoms with Crippen molar-refractivity contribution in [2.24, 2.45) is 5.73 Å². The molecule has 3 N–H and O–H groups in total. The van der Waals surface area contributed by atoms with Gasteiger partial charge in [0.15, 0.2) is 0 Å². The zero-order valence-corrected chi connectivity index (χ0v) is 11.9. The zero-order valence-electron chi connectivity index (χ0n) is 10.3. The van der Waals surface area contributed by atoms with Crippen LogP contribution in [0.4, 0.5) is 0 Å². The smallest absolute Gasteiger partial charge is 0.239 e. The third kappa shape index (κ3) is 3.80. The summed E-state index contributed by atoms with van der Waals surface area (Å²) in [4.78, 5) is 12.8. The van der Waals surface area contributed by atoms with Gasteiger partial charge in [-0.2, -0.15) is 0 Å². The van der Waals surface area contributed by atoms with Crippen LogP contribution in [-0.2, 0) is 11.2 Å². The fraction of sp³-hybridized carbons (Fsp3) is 0.214. The maximum atomic E-state index is 11.5. The van der Waals surface area contributed by atoms with E-state index >= 15 is 0 Å². The first-order chi connectivity index (χ1) is 9.18. The predicted molar refractivity (Wildman–Crippen MR) is 79.4 cm³/mol. The SMILES string of the molecule is NC(=O)[C@@H](NCCc1cccs1)c1ccccc1Cl. The summed E-state index contributed by atoms with van der Waals surface area (Å²) in [5.74, 6) is -0.417. The van der Waals surface area contributed by atoms with Gasteiger partial charge in [-0.25, -0.2) is 0 Å². The number of carbonyl (C=O) groups excluding carboxylic acids is 1. The minimum Gasteiger partial charge on any atom is -0.368 e. The van der Waals surface area contributed by atoms with Gasteiger partial charge < -0.3 is 11.1 Å². The molecule has 19 heavy (non-hydrogen) atoms. The highest BCUT2D eigenvalue weighted by atomic mass is 35.5. The lowest BCUT2D eigenvalue weighted by Gasteiger charge is -2.16. The number of halogens is 1. The molecule has 0 aliphatic carbocycles. The van der Waals surface area contributed by atoms with Crippen LogP contribution in [0.2, 0.25) is 5.02 Å². The van der Waals surface area contributed by atoms with Gasteiger partial charge in [-0.05, 0) is 29.5 Å². The minimum absolute atomic E-state index is 0.417. The van der Waals surface area contributed by atoms with E-state index in [0.29, 0.717) is 11.6 Å². The highest BCUT2D eigenvalue weighted by Crippen LogP contribution is 2.22. The normalized spacial score (nSPS) is 12.3. The molecule has 2 aromatic rings. The number of amides is 1. The third-order valence-electron chi connectivity index (χ3n) is 2.80. The molecule has 1 amide bonds. The van der Waals surface area contributed by atoms with Crippen molar-refractivity contribution in [2.75, 3.05) is 6.54 Å². The Morgan fingerprint density at radius 2 is 2.11 bits per heavy atom. The van der Waals surface area contributed by atoms with Crippen molar-refractivity contribution in [1.29, 1.82) is 0 Å². The molecule has 1 atom stereocenters. The summed E-state index contributed by atoms with van der Waals surface area (Å²) >= 11 is 7.80. The molecule has 1 heterocycles. The maximum Gasteiger partial charge on any atom is 0.239 e. The van der Waals surface area contributed by atoms with Crippen LogP contribution in [-0.4, -0.2) is 12.5 Å². The van der Waals surface area contributed by atoms with Crippen LogP contribution >= 0.6 is 22.9 Å². The van der Waals surface area contributed by atoms with Crippen molar-refractivity contribution in [1.82, 2.24) is 5.32 Å². The van der Waals surface area contributed by atoms with E-state index in [1.165, 1.54) is 4.88 Å². The number of carbonyl (C=O) groups is 1. The molecule has 0 aliphatic heterocycles. The highest BCUT2D eigenvalue weighted by Gasteiger charge is 2.19. The summed E-state index contributed by atoms with van der Waals surface area (Å²) in [6, 6.07) is 10.8. The first kappa shape index (κ1) is 14.1. The van der Waals surface area contributed by atoms with Crippen LogP contribution < -0.4 is 11.1 Å². The Balaban J connectivity index is 2.01. The second kappa shape index (κ2) is 6.70. The minimum atomic E-state index is -0.548. The fourth-order valence-electron chi connectivity index (χ4n) is 1.87. The molecule has 5 heteroatoms. The average Bonchev–Trinajstić information content (AvgIpc) is 2.89. The van der Waals surface area contributed by atoms with Gasteiger partial charge >= 0.3 is 0 Å². The Morgan fingerprint density at radius 3 is 2.74 bits per heavy atom. The number of benzene rings is 1. The van der Waals surface area contributed by atoms with E-state index in [0.717, 1.165) is 12.0 Å². The molecule has 3 nitrogen and oxygen atoms in total. The number of nitrogens with one attached hydrogen (secondary N) is 1. The van der Waals surface area contributed by atoms with E-state index in [4.69, 9.17) is 17.3 Å². The average molecular weight is 295 g/mol. The Hall–Kier alpha value is -1.36. The molecule has 0 aliphatic rings. The number of rotatable bonds is 6. The topological polar surface area (TPSA) is 55.1 Å². The van der Waals surface area contributed by atoms with Crippen LogP contribution in [0.5, 0.6) is 0 Å². The fourth-order valence-corrected chi connectivity index (χ4v) is 2.82. The van der Waals surface area contributed by atoms with Crippen LogP contribution in [0.3, 0.4) is 0 Å². The molecule has 2 rings (SSSR count). The molecule has 0 radical (unpaired) electrons. The lowest BCUT2D eigenvalue weighted by atomic mass is 10.1. The van der Waals surface area contributed by atoms with Gasteiger partial charge in [0.05, 0.1) is 0 Å². The van der Waals surface area contributed by atoms with E-state index in [1.807, 2.05) is 29.6 Å². The largest absolute Gasteiger partial charge is 0.368 e. The Labute approximate surface area is 121 Å². The van der Waals surface area contributed by atoms with Crippen molar-refractivity contribution in [2.45, 2.75) is 12.5 Å². The van der Waals surface area contributed by atoms with Gasteiger partial charge in [-0.15, -0.1) is 11.3 Å². The molecular weight excluding hydrogens is 280 g/mol. The first-order valence-corrected chi connectivity index (χ1v) is 7.24. The van der Waals surface area contributed by atoms with Gasteiger partial charge in [0.25, 0.3) is 0 Å². The van der Waals surface area contributed by atoms with Crippen molar-refractivity contribution in [3.63, 3.8) is 0 Å². The molecule has 0 spiro atoms. The van der Waals surface area contributed by atoms with Crippen LogP contribution in [0.15, 0.2) is 41.8 Å². The lowest BCUT2D eigenvalue weighted by molar-refractivity contribution is -0.120. The summed E-state index contributed by atoms with van der Waals surface area (Å²) in [5.41, 5.74) is 6.16. The standard InChI is InChI=1S/C14H15ClN2OS/c15-12-6-2-1-5-11(12)13(14(16)18)17-8-7-10-4-3-9-19-10/h1-6,9,13,17H,7-8H2,(H2,16,18)/t13-/m0/s1. The summed E-state index contributed by atoms with van der Waals surface area (Å²) in [6.07, 6.45) is 0.867. The zero-order chi connectivity index (χ0) is 13.7. The number of primary amides is 1. The summed E-state index contributed by atoms with van der Waals surface area (Å²) in [7, 11) is 0. The Morgan fingerprint density at radius 1 is 1.32 bits per heavy atom.